The van der Waals surface area contributed by atoms with Gasteiger partial charge in [0, 0.05) is 5.56 Å². The second kappa shape index (κ2) is 19.8. The minimum absolute atomic E-state index is 0.112. The quantitative estimate of drug-likeness (QED) is 0.0900. The lowest BCUT2D eigenvalue weighted by atomic mass is 9.93. The van der Waals surface area contributed by atoms with Gasteiger partial charge in [-0.1, -0.05) is 51.3 Å². The van der Waals surface area contributed by atoms with Gasteiger partial charge in [-0.15, -0.1) is 0 Å². The van der Waals surface area contributed by atoms with Crippen LogP contribution in [0, 0.1) is 11.8 Å². The standard InChI is InChI=1S/C38H56N6O7/c1-6-25(2)32(37(49)40-30(18-12-13-23-44(3,4)5)36(48)41-31(24-45)34(39)46)42-38(50)33(26-14-10-11-15-26)43-35(47)27-19-21-29(22-20-27)51-28-16-8-7-9-17-28/h7-9,16-17,19-22,25-26,30-33,45H,6,10-15,18,23-24H2,1-5H3,(H5-,39,40,41,42,43,46,47,48,49,50)/p+1/t25-,30-,31-,32?,33-/m0/s1. The number of primary amides is 1. The second-order valence-electron chi connectivity index (χ2n) is 14.5. The number of benzene rings is 2. The first-order valence-corrected chi connectivity index (χ1v) is 18.0. The number of nitrogens with two attached hydrogens (primary N) is 1. The normalized spacial score (nSPS) is 16.2. The number of unbranched alkanes of at least 4 members (excludes halogenated alkanes) is 1. The average Bonchev–Trinajstić information content (AvgIpc) is 3.64. The maximum Gasteiger partial charge on any atom is 0.251 e. The predicted molar refractivity (Wildman–Crippen MR) is 194 cm³/mol. The zero-order valence-corrected chi connectivity index (χ0v) is 30.7. The lowest BCUT2D eigenvalue weighted by molar-refractivity contribution is -0.870. The molecule has 0 aliphatic heterocycles. The predicted octanol–water partition coefficient (Wildman–Crippen LogP) is 2.62. The molecule has 280 valence electrons. The number of carbonyl (C=O) groups is 5. The molecule has 13 nitrogen and oxygen atoms in total. The van der Waals surface area contributed by atoms with Crippen molar-refractivity contribution in [1.82, 2.24) is 21.3 Å². The molecule has 7 N–H and O–H groups in total. The zero-order valence-electron chi connectivity index (χ0n) is 30.7. The van der Waals surface area contributed by atoms with Gasteiger partial charge in [0.2, 0.25) is 23.6 Å². The summed E-state index contributed by atoms with van der Waals surface area (Å²) in [5.41, 5.74) is 5.69. The third-order valence-corrected chi connectivity index (χ3v) is 9.38. The van der Waals surface area contributed by atoms with E-state index in [1.54, 1.807) is 24.3 Å². The molecule has 0 spiro atoms. The van der Waals surface area contributed by atoms with Gasteiger partial charge in [-0.05, 0) is 80.3 Å². The number of para-hydroxylation sites is 1. The topological polar surface area (TPSA) is 189 Å². The van der Waals surface area contributed by atoms with Crippen LogP contribution in [0.1, 0.15) is 75.6 Å². The molecule has 51 heavy (non-hydrogen) atoms. The Kier molecular flexibility index (Phi) is 15.9. The molecule has 5 amide bonds. The lowest BCUT2D eigenvalue weighted by Gasteiger charge is -2.30. The highest BCUT2D eigenvalue weighted by Gasteiger charge is 2.37. The number of rotatable bonds is 20. The van der Waals surface area contributed by atoms with Crippen molar-refractivity contribution >= 4 is 29.5 Å². The van der Waals surface area contributed by atoms with Gasteiger partial charge in [0.05, 0.1) is 34.3 Å². The van der Waals surface area contributed by atoms with E-state index in [0.717, 1.165) is 43.1 Å². The Hall–Kier alpha value is -4.49. The van der Waals surface area contributed by atoms with Crippen LogP contribution in [0.5, 0.6) is 11.5 Å². The summed E-state index contributed by atoms with van der Waals surface area (Å²) in [7, 11) is 6.18. The highest BCUT2D eigenvalue weighted by molar-refractivity contribution is 5.99. The summed E-state index contributed by atoms with van der Waals surface area (Å²) in [6, 6.07) is 11.7. The molecular formula is C38H57N6O7+. The number of aliphatic hydroxyl groups is 1. The maximum absolute atomic E-state index is 14.0. The first kappa shape index (κ1) is 40.9. The van der Waals surface area contributed by atoms with Crippen LogP contribution in [0.15, 0.2) is 54.6 Å². The molecule has 0 saturated heterocycles. The van der Waals surface area contributed by atoms with E-state index in [2.05, 4.69) is 42.4 Å². The third-order valence-electron chi connectivity index (χ3n) is 9.38. The van der Waals surface area contributed by atoms with E-state index in [-0.39, 0.29) is 18.3 Å². The van der Waals surface area contributed by atoms with Gasteiger partial charge in [0.25, 0.3) is 5.91 Å². The summed E-state index contributed by atoms with van der Waals surface area (Å²) in [5, 5.41) is 20.6. The lowest BCUT2D eigenvalue weighted by Crippen LogP contribution is -2.60. The molecule has 0 aromatic heterocycles. The van der Waals surface area contributed by atoms with Crippen molar-refractivity contribution in [3.8, 4) is 11.5 Å². The fraction of sp³-hybridized carbons (Fsp3) is 0.553. The highest BCUT2D eigenvalue weighted by atomic mass is 16.5. The molecule has 1 unspecified atom stereocenters. The van der Waals surface area contributed by atoms with Gasteiger partial charge < -0.3 is 41.3 Å². The molecule has 2 aromatic rings. The maximum atomic E-state index is 14.0. The van der Waals surface area contributed by atoms with E-state index in [4.69, 9.17) is 10.5 Å². The van der Waals surface area contributed by atoms with Crippen LogP contribution in [0.2, 0.25) is 0 Å². The largest absolute Gasteiger partial charge is 0.457 e. The minimum atomic E-state index is -1.31. The first-order valence-electron chi connectivity index (χ1n) is 18.0. The SMILES string of the molecule is CC[C@H](C)C(NC(=O)[C@@H](NC(=O)c1ccc(Oc2ccccc2)cc1)C1CCCC1)C(=O)N[C@@H](CCCC[N+](C)(C)C)C(=O)N[C@@H](CO)C(N)=O. The minimum Gasteiger partial charge on any atom is -0.457 e. The van der Waals surface area contributed by atoms with E-state index in [1.807, 2.05) is 44.2 Å². The Morgan fingerprint density at radius 3 is 2.00 bits per heavy atom. The Labute approximate surface area is 301 Å². The summed E-state index contributed by atoms with van der Waals surface area (Å²) < 4.78 is 6.57. The molecule has 2 aromatic carbocycles. The zero-order chi connectivity index (χ0) is 37.6. The fourth-order valence-electron chi connectivity index (χ4n) is 6.10. The van der Waals surface area contributed by atoms with E-state index < -0.39 is 60.3 Å². The summed E-state index contributed by atoms with van der Waals surface area (Å²) in [4.78, 5) is 66.3. The smallest absolute Gasteiger partial charge is 0.251 e. The van der Waals surface area contributed by atoms with Crippen LogP contribution in [0.25, 0.3) is 0 Å². The average molecular weight is 710 g/mol. The molecule has 0 bridgehead atoms. The Balaban J connectivity index is 1.76. The third kappa shape index (κ3) is 13.3. The Bertz CT molecular complexity index is 1440. The van der Waals surface area contributed by atoms with Crippen LogP contribution in [-0.4, -0.2) is 97.6 Å². The van der Waals surface area contributed by atoms with Gasteiger partial charge in [0.1, 0.15) is 35.7 Å². The molecular weight excluding hydrogens is 652 g/mol. The molecule has 0 heterocycles. The Morgan fingerprint density at radius 2 is 1.43 bits per heavy atom. The summed E-state index contributed by atoms with van der Waals surface area (Å²) >= 11 is 0. The number of nitrogens with zero attached hydrogens (tertiary/aromatic N) is 1. The number of ether oxygens (including phenoxy) is 1. The molecule has 1 saturated carbocycles. The van der Waals surface area contributed by atoms with Crippen LogP contribution in [0.4, 0.5) is 0 Å². The molecule has 0 radical (unpaired) electrons. The van der Waals surface area contributed by atoms with E-state index in [0.29, 0.717) is 29.9 Å². The molecule has 1 fully saturated rings. The number of amides is 5. The number of aliphatic hydroxyl groups excluding tert-OH is 1. The van der Waals surface area contributed by atoms with E-state index >= 15 is 0 Å². The van der Waals surface area contributed by atoms with Gasteiger partial charge >= 0.3 is 0 Å². The van der Waals surface area contributed by atoms with Gasteiger partial charge in [-0.25, -0.2) is 0 Å². The molecule has 5 atom stereocenters. The van der Waals surface area contributed by atoms with Crippen molar-refractivity contribution in [2.75, 3.05) is 34.3 Å². The van der Waals surface area contributed by atoms with E-state index in [9.17, 15) is 29.1 Å². The van der Waals surface area contributed by atoms with Gasteiger partial charge in [0.15, 0.2) is 0 Å². The fourth-order valence-corrected chi connectivity index (χ4v) is 6.10. The monoisotopic (exact) mass is 709 g/mol. The summed E-state index contributed by atoms with van der Waals surface area (Å²) in [6.07, 6.45) is 5.56. The second-order valence-corrected chi connectivity index (χ2v) is 14.5. The van der Waals surface area contributed by atoms with Crippen molar-refractivity contribution < 1.29 is 38.3 Å². The van der Waals surface area contributed by atoms with Crippen molar-refractivity contribution in [3.05, 3.63) is 60.2 Å². The number of nitrogens with one attached hydrogen (secondary N) is 4. The first-order chi connectivity index (χ1) is 24.2. The van der Waals surface area contributed by atoms with Crippen molar-refractivity contribution in [1.29, 1.82) is 0 Å². The van der Waals surface area contributed by atoms with Crippen LogP contribution in [0.3, 0.4) is 0 Å². The van der Waals surface area contributed by atoms with E-state index in [1.165, 1.54) is 0 Å². The van der Waals surface area contributed by atoms with Gasteiger partial charge in [-0.3, -0.25) is 24.0 Å². The number of hydrogen-bond acceptors (Lipinski definition) is 7. The number of carbonyl (C=O) groups excluding carboxylic acids is 5. The number of quaternary nitrogens is 1. The van der Waals surface area contributed by atoms with Crippen molar-refractivity contribution in [3.63, 3.8) is 0 Å². The van der Waals surface area contributed by atoms with Crippen LogP contribution in [-0.2, 0) is 19.2 Å². The van der Waals surface area contributed by atoms with Crippen LogP contribution < -0.4 is 31.7 Å². The summed E-state index contributed by atoms with van der Waals surface area (Å²) in [6.45, 7) is 3.88. The van der Waals surface area contributed by atoms with Crippen molar-refractivity contribution in [2.45, 2.75) is 89.4 Å². The highest BCUT2D eigenvalue weighted by Crippen LogP contribution is 2.29. The molecule has 3 rings (SSSR count). The molecule has 13 heteroatoms. The molecule has 1 aliphatic carbocycles. The van der Waals surface area contributed by atoms with Crippen LogP contribution >= 0.6 is 0 Å². The van der Waals surface area contributed by atoms with Crippen molar-refractivity contribution in [2.24, 2.45) is 17.6 Å². The summed E-state index contributed by atoms with van der Waals surface area (Å²) in [5.74, 6) is -2.21. The molecule has 1 aliphatic rings. The number of hydrogen-bond donors (Lipinski definition) is 6. The van der Waals surface area contributed by atoms with Gasteiger partial charge in [-0.2, -0.15) is 0 Å². The Morgan fingerprint density at radius 1 is 0.824 bits per heavy atom.